The van der Waals surface area contributed by atoms with Gasteiger partial charge in [-0.2, -0.15) is 15.6 Å². The summed E-state index contributed by atoms with van der Waals surface area (Å²) < 4.78 is 27.7. The van der Waals surface area contributed by atoms with E-state index in [9.17, 15) is 18.3 Å². The van der Waals surface area contributed by atoms with Crippen LogP contribution in [0.15, 0.2) is 39.9 Å². The average Bonchev–Trinajstić information content (AvgIpc) is 3.31. The van der Waals surface area contributed by atoms with E-state index in [1.165, 1.54) is 10.4 Å². The van der Waals surface area contributed by atoms with Gasteiger partial charge in [-0.3, -0.25) is 4.79 Å². The molecule has 0 saturated carbocycles. The third kappa shape index (κ3) is 2.96. The number of rotatable bonds is 4. The molecule has 0 radical (unpaired) electrons. The Morgan fingerprint density at radius 1 is 1.27 bits per heavy atom. The number of amides is 1. The van der Waals surface area contributed by atoms with E-state index in [-0.39, 0.29) is 35.8 Å². The number of nitrogens with one attached hydrogen (secondary N) is 1. The molecular weight excluding hydrogens is 372 g/mol. The average molecular weight is 393 g/mol. The number of fused-ring (bicyclic) bond motifs is 1. The van der Waals surface area contributed by atoms with Crippen LogP contribution < -0.4 is 5.32 Å². The van der Waals surface area contributed by atoms with E-state index < -0.39 is 10.0 Å². The van der Waals surface area contributed by atoms with Crippen molar-refractivity contribution in [2.45, 2.75) is 17.2 Å². The summed E-state index contributed by atoms with van der Waals surface area (Å²) >= 11 is 1.57. The molecule has 138 valence electrons. The summed E-state index contributed by atoms with van der Waals surface area (Å²) in [5.74, 6) is -0.364. The number of benzene rings is 1. The second-order valence-electron chi connectivity index (χ2n) is 6.75. The van der Waals surface area contributed by atoms with Gasteiger partial charge in [0.25, 0.3) is 5.91 Å². The lowest BCUT2D eigenvalue weighted by Gasteiger charge is -2.20. The summed E-state index contributed by atoms with van der Waals surface area (Å²) in [4.78, 5) is 12.2. The molecule has 1 aromatic heterocycles. The minimum Gasteiger partial charge on any atom is -0.396 e. The summed E-state index contributed by atoms with van der Waals surface area (Å²) in [6, 6.07) is 6.78. The van der Waals surface area contributed by atoms with E-state index in [2.05, 4.69) is 5.32 Å². The first-order valence-electron chi connectivity index (χ1n) is 8.55. The predicted octanol–water partition coefficient (Wildman–Crippen LogP) is 1.43. The Balaban J connectivity index is 1.65. The van der Waals surface area contributed by atoms with E-state index in [0.29, 0.717) is 25.1 Å². The Hall–Kier alpha value is -1.74. The van der Waals surface area contributed by atoms with Crippen LogP contribution in [0.25, 0.3) is 0 Å². The predicted molar refractivity (Wildman–Crippen MR) is 98.9 cm³/mol. The largest absolute Gasteiger partial charge is 0.396 e. The summed E-state index contributed by atoms with van der Waals surface area (Å²) in [5.41, 5.74) is 2.37. The molecule has 2 aliphatic heterocycles. The number of sulfonamides is 1. The van der Waals surface area contributed by atoms with Crippen LogP contribution in [0.4, 0.5) is 0 Å². The Labute approximate surface area is 156 Å². The molecule has 26 heavy (non-hydrogen) atoms. The Kier molecular flexibility index (Phi) is 4.60. The van der Waals surface area contributed by atoms with Crippen molar-refractivity contribution in [1.29, 1.82) is 0 Å². The molecule has 1 amide bonds. The number of hydrogen-bond donors (Lipinski definition) is 2. The van der Waals surface area contributed by atoms with Crippen LogP contribution in [-0.2, 0) is 16.4 Å². The van der Waals surface area contributed by atoms with Crippen molar-refractivity contribution in [2.24, 2.45) is 5.92 Å². The lowest BCUT2D eigenvalue weighted by Crippen LogP contribution is -2.33. The Morgan fingerprint density at radius 2 is 2.12 bits per heavy atom. The molecule has 0 aliphatic carbocycles. The topological polar surface area (TPSA) is 86.7 Å². The summed E-state index contributed by atoms with van der Waals surface area (Å²) in [5, 5.41) is 16.4. The molecule has 1 saturated heterocycles. The summed E-state index contributed by atoms with van der Waals surface area (Å²) in [7, 11) is -3.72. The van der Waals surface area contributed by atoms with Crippen molar-refractivity contribution in [3.8, 4) is 0 Å². The highest BCUT2D eigenvalue weighted by molar-refractivity contribution is 7.89. The van der Waals surface area contributed by atoms with Crippen LogP contribution in [0.2, 0.25) is 0 Å². The quantitative estimate of drug-likeness (QED) is 0.824. The van der Waals surface area contributed by atoms with Crippen molar-refractivity contribution < 1.29 is 18.3 Å². The minimum atomic E-state index is -3.72. The van der Waals surface area contributed by atoms with Gasteiger partial charge in [0, 0.05) is 43.6 Å². The SMILES string of the molecule is O=C1NCCc2ccc(S(=O)(=O)N3CC(CO)C(c4ccsc4)C3)cc21. The molecule has 0 spiro atoms. The van der Waals surface area contributed by atoms with Crippen LogP contribution in [0.1, 0.15) is 27.4 Å². The highest BCUT2D eigenvalue weighted by Crippen LogP contribution is 2.36. The molecule has 3 heterocycles. The number of aliphatic hydroxyl groups excluding tert-OH is 1. The van der Waals surface area contributed by atoms with Gasteiger partial charge in [-0.1, -0.05) is 6.07 Å². The molecule has 2 aromatic rings. The van der Waals surface area contributed by atoms with Crippen LogP contribution in [0.3, 0.4) is 0 Å². The fourth-order valence-electron chi connectivity index (χ4n) is 3.78. The van der Waals surface area contributed by atoms with E-state index >= 15 is 0 Å². The van der Waals surface area contributed by atoms with Crippen molar-refractivity contribution >= 4 is 27.3 Å². The van der Waals surface area contributed by atoms with Crippen LogP contribution in [-0.4, -0.2) is 50.0 Å². The van der Waals surface area contributed by atoms with E-state index in [1.54, 1.807) is 23.5 Å². The molecule has 2 N–H and O–H groups in total. The first-order valence-corrected chi connectivity index (χ1v) is 10.9. The molecule has 0 bridgehead atoms. The van der Waals surface area contributed by atoms with Crippen molar-refractivity contribution in [2.75, 3.05) is 26.2 Å². The zero-order valence-electron chi connectivity index (χ0n) is 14.1. The molecule has 1 aromatic carbocycles. The third-order valence-corrected chi connectivity index (χ3v) is 7.79. The van der Waals surface area contributed by atoms with Crippen molar-refractivity contribution in [1.82, 2.24) is 9.62 Å². The van der Waals surface area contributed by atoms with E-state index in [4.69, 9.17) is 0 Å². The number of hydrogen-bond acceptors (Lipinski definition) is 5. The standard InChI is InChI=1S/C18H20N2O4S2/c21-10-14-8-20(9-17(14)13-4-6-25-11-13)26(23,24)15-2-1-12-3-5-19-18(22)16(12)7-15/h1-2,4,6-7,11,14,17,21H,3,5,8-10H2,(H,19,22). The Morgan fingerprint density at radius 3 is 2.85 bits per heavy atom. The fourth-order valence-corrected chi connectivity index (χ4v) is 6.05. The Bertz CT molecular complexity index is 925. The lowest BCUT2D eigenvalue weighted by molar-refractivity contribution is 0.0945. The van der Waals surface area contributed by atoms with Crippen molar-refractivity contribution in [3.63, 3.8) is 0 Å². The minimum absolute atomic E-state index is 0.0121. The number of nitrogens with zero attached hydrogens (tertiary/aromatic N) is 1. The van der Waals surface area contributed by atoms with Gasteiger partial charge in [-0.05, 0) is 46.5 Å². The molecule has 1 fully saturated rings. The molecule has 8 heteroatoms. The molecule has 2 aliphatic rings. The van der Waals surface area contributed by atoms with Crippen LogP contribution in [0.5, 0.6) is 0 Å². The van der Waals surface area contributed by atoms with Crippen LogP contribution >= 0.6 is 11.3 Å². The highest BCUT2D eigenvalue weighted by Gasteiger charge is 2.40. The number of carbonyl (C=O) groups is 1. The third-order valence-electron chi connectivity index (χ3n) is 5.26. The maximum absolute atomic E-state index is 13.1. The number of carbonyl (C=O) groups excluding carboxylic acids is 1. The van der Waals surface area contributed by atoms with Gasteiger partial charge in [-0.25, -0.2) is 8.42 Å². The van der Waals surface area contributed by atoms with E-state index in [0.717, 1.165) is 11.1 Å². The van der Waals surface area contributed by atoms with Crippen LogP contribution in [0, 0.1) is 5.92 Å². The molecule has 4 rings (SSSR count). The van der Waals surface area contributed by atoms with Gasteiger partial charge in [0.1, 0.15) is 0 Å². The second-order valence-corrected chi connectivity index (χ2v) is 9.47. The fraction of sp³-hybridized carbons (Fsp3) is 0.389. The normalized spacial score (nSPS) is 23.7. The molecule has 6 nitrogen and oxygen atoms in total. The molecular formula is C18H20N2O4S2. The van der Waals surface area contributed by atoms with Gasteiger partial charge in [0.2, 0.25) is 10.0 Å². The highest BCUT2D eigenvalue weighted by atomic mass is 32.2. The van der Waals surface area contributed by atoms with E-state index in [1.807, 2.05) is 16.8 Å². The zero-order valence-corrected chi connectivity index (χ0v) is 15.7. The molecule has 2 unspecified atom stereocenters. The number of thiophene rings is 1. The summed E-state index contributed by atoms with van der Waals surface area (Å²) in [6.45, 7) is 1.14. The molecule has 2 atom stereocenters. The maximum Gasteiger partial charge on any atom is 0.251 e. The van der Waals surface area contributed by atoms with Gasteiger partial charge in [0.15, 0.2) is 0 Å². The zero-order chi connectivity index (χ0) is 18.3. The van der Waals surface area contributed by atoms with Gasteiger partial charge in [0.05, 0.1) is 4.90 Å². The lowest BCUT2D eigenvalue weighted by atomic mass is 9.92. The second kappa shape index (κ2) is 6.77. The first-order chi connectivity index (χ1) is 12.5. The van der Waals surface area contributed by atoms with Gasteiger partial charge in [-0.15, -0.1) is 0 Å². The maximum atomic E-state index is 13.1. The monoisotopic (exact) mass is 392 g/mol. The summed E-state index contributed by atoms with van der Waals surface area (Å²) in [6.07, 6.45) is 0.706. The van der Waals surface area contributed by atoms with Crippen molar-refractivity contribution in [3.05, 3.63) is 51.7 Å². The first kappa shape index (κ1) is 17.7. The van der Waals surface area contributed by atoms with Gasteiger partial charge < -0.3 is 10.4 Å². The number of aliphatic hydroxyl groups is 1. The smallest absolute Gasteiger partial charge is 0.251 e. The van der Waals surface area contributed by atoms with Gasteiger partial charge >= 0.3 is 0 Å².